The number of carbonyl (C=O) groups excluding carboxylic acids is 1. The van der Waals surface area contributed by atoms with E-state index in [-0.39, 0.29) is 19.1 Å². The van der Waals surface area contributed by atoms with Gasteiger partial charge in [-0.2, -0.15) is 0 Å². The van der Waals surface area contributed by atoms with Crippen LogP contribution in [0.4, 0.5) is 5.82 Å². The number of aliphatic hydroxyl groups is 1. The third-order valence-corrected chi connectivity index (χ3v) is 2.47. The van der Waals surface area contributed by atoms with Crippen LogP contribution in [0.15, 0.2) is 18.3 Å². The summed E-state index contributed by atoms with van der Waals surface area (Å²) in [7, 11) is 4.85. The Hall–Kier alpha value is -1.66. The molecule has 1 aromatic rings. The molecule has 0 saturated carbocycles. The molecule has 18 heavy (non-hydrogen) atoms. The van der Waals surface area contributed by atoms with Crippen molar-refractivity contribution < 1.29 is 14.6 Å². The first-order chi connectivity index (χ1) is 8.60. The number of aliphatic hydroxyl groups excluding tert-OH is 1. The molecule has 0 saturated heterocycles. The van der Waals surface area contributed by atoms with Crippen LogP contribution in [0.1, 0.15) is 10.4 Å². The number of pyridine rings is 1. The van der Waals surface area contributed by atoms with Gasteiger partial charge >= 0.3 is 0 Å². The van der Waals surface area contributed by atoms with Gasteiger partial charge in [-0.15, -0.1) is 0 Å². The molecule has 1 rings (SSSR count). The van der Waals surface area contributed by atoms with E-state index in [4.69, 9.17) is 4.74 Å². The van der Waals surface area contributed by atoms with Crippen molar-refractivity contribution in [2.24, 2.45) is 0 Å². The van der Waals surface area contributed by atoms with E-state index < -0.39 is 6.10 Å². The molecule has 1 atom stereocenters. The van der Waals surface area contributed by atoms with Gasteiger partial charge in [0.15, 0.2) is 0 Å². The molecule has 0 aliphatic rings. The van der Waals surface area contributed by atoms with Gasteiger partial charge in [0.2, 0.25) is 0 Å². The maximum atomic E-state index is 12.2. The first kappa shape index (κ1) is 14.4. The first-order valence-electron chi connectivity index (χ1n) is 5.65. The second-order valence-electron chi connectivity index (χ2n) is 3.94. The highest BCUT2D eigenvalue weighted by atomic mass is 16.5. The average Bonchev–Trinajstić information content (AvgIpc) is 2.38. The molecule has 0 spiro atoms. The lowest BCUT2D eigenvalue weighted by Gasteiger charge is -2.21. The lowest BCUT2D eigenvalue weighted by molar-refractivity contribution is 0.0380. The SMILES string of the molecule is CNc1ncccc1C(=O)N(C)CC(O)COC. The quantitative estimate of drug-likeness (QED) is 0.757. The summed E-state index contributed by atoms with van der Waals surface area (Å²) < 4.78 is 4.82. The average molecular weight is 253 g/mol. The number of likely N-dealkylation sites (N-methyl/N-ethyl adjacent to an activating group) is 1. The Morgan fingerprint density at radius 2 is 2.39 bits per heavy atom. The molecule has 1 amide bonds. The Morgan fingerprint density at radius 1 is 1.67 bits per heavy atom. The third kappa shape index (κ3) is 3.68. The first-order valence-corrected chi connectivity index (χ1v) is 5.65. The van der Waals surface area contributed by atoms with Gasteiger partial charge in [0, 0.05) is 33.9 Å². The summed E-state index contributed by atoms with van der Waals surface area (Å²) in [5.41, 5.74) is 0.479. The second-order valence-corrected chi connectivity index (χ2v) is 3.94. The van der Waals surface area contributed by atoms with E-state index in [1.807, 2.05) is 0 Å². The molecule has 2 N–H and O–H groups in total. The summed E-state index contributed by atoms with van der Waals surface area (Å²) in [6.07, 6.45) is 0.918. The maximum absolute atomic E-state index is 12.2. The van der Waals surface area contributed by atoms with Gasteiger partial charge in [-0.05, 0) is 12.1 Å². The molecule has 6 nitrogen and oxygen atoms in total. The number of nitrogens with one attached hydrogen (secondary N) is 1. The number of amides is 1. The molecule has 6 heteroatoms. The van der Waals surface area contributed by atoms with Crippen molar-refractivity contribution in [1.29, 1.82) is 0 Å². The fourth-order valence-electron chi connectivity index (χ4n) is 1.63. The standard InChI is InChI=1S/C12H19N3O3/c1-13-11-10(5-4-6-14-11)12(17)15(2)7-9(16)8-18-3/h4-6,9,16H,7-8H2,1-3H3,(H,13,14). The smallest absolute Gasteiger partial charge is 0.257 e. The van der Waals surface area contributed by atoms with Crippen molar-refractivity contribution in [1.82, 2.24) is 9.88 Å². The highest BCUT2D eigenvalue weighted by molar-refractivity contribution is 5.98. The van der Waals surface area contributed by atoms with E-state index >= 15 is 0 Å². The van der Waals surface area contributed by atoms with Gasteiger partial charge in [-0.25, -0.2) is 4.98 Å². The number of ether oxygens (including phenoxy) is 1. The van der Waals surface area contributed by atoms with Crippen LogP contribution in [0.25, 0.3) is 0 Å². The van der Waals surface area contributed by atoms with E-state index in [2.05, 4.69) is 10.3 Å². The fourth-order valence-corrected chi connectivity index (χ4v) is 1.63. The zero-order valence-corrected chi connectivity index (χ0v) is 10.9. The van der Waals surface area contributed by atoms with E-state index in [0.717, 1.165) is 0 Å². The Bertz CT molecular complexity index is 398. The largest absolute Gasteiger partial charge is 0.389 e. The topological polar surface area (TPSA) is 74.7 Å². The highest BCUT2D eigenvalue weighted by Crippen LogP contribution is 2.13. The zero-order chi connectivity index (χ0) is 13.5. The maximum Gasteiger partial charge on any atom is 0.257 e. The minimum absolute atomic E-state index is 0.192. The van der Waals surface area contributed by atoms with E-state index in [0.29, 0.717) is 11.4 Å². The van der Waals surface area contributed by atoms with Crippen LogP contribution in [0.5, 0.6) is 0 Å². The van der Waals surface area contributed by atoms with Crippen LogP contribution in [0.3, 0.4) is 0 Å². The molecule has 0 aliphatic heterocycles. The van der Waals surface area contributed by atoms with Crippen LogP contribution < -0.4 is 5.32 Å². The monoisotopic (exact) mass is 253 g/mol. The molecule has 0 fully saturated rings. The molecular formula is C12H19N3O3. The summed E-state index contributed by atoms with van der Waals surface area (Å²) >= 11 is 0. The number of rotatable bonds is 6. The summed E-state index contributed by atoms with van der Waals surface area (Å²) in [5, 5.41) is 12.5. The minimum Gasteiger partial charge on any atom is -0.389 e. The van der Waals surface area contributed by atoms with Crippen LogP contribution in [0.2, 0.25) is 0 Å². The predicted octanol–water partition coefficient (Wildman–Crippen LogP) is 0.203. The predicted molar refractivity (Wildman–Crippen MR) is 68.6 cm³/mol. The minimum atomic E-state index is -0.696. The van der Waals surface area contributed by atoms with Gasteiger partial charge in [-0.3, -0.25) is 4.79 Å². The van der Waals surface area contributed by atoms with Crippen molar-refractivity contribution in [3.8, 4) is 0 Å². The van der Waals surface area contributed by atoms with Crippen LogP contribution >= 0.6 is 0 Å². The summed E-state index contributed by atoms with van der Waals surface area (Å²) in [6, 6.07) is 3.40. The summed E-state index contributed by atoms with van der Waals surface area (Å²) in [5.74, 6) is 0.332. The Labute approximate surface area is 107 Å². The summed E-state index contributed by atoms with van der Waals surface area (Å²) in [4.78, 5) is 17.7. The van der Waals surface area contributed by atoms with Crippen molar-refractivity contribution in [3.63, 3.8) is 0 Å². The lowest BCUT2D eigenvalue weighted by Crippen LogP contribution is -2.36. The number of anilines is 1. The van der Waals surface area contributed by atoms with Crippen molar-refractivity contribution in [3.05, 3.63) is 23.9 Å². The summed E-state index contributed by atoms with van der Waals surface area (Å²) in [6.45, 7) is 0.411. The van der Waals surface area contributed by atoms with Crippen LogP contribution in [-0.2, 0) is 4.74 Å². The number of hydrogen-bond acceptors (Lipinski definition) is 5. The Balaban J connectivity index is 2.74. The molecule has 0 aliphatic carbocycles. The second kappa shape index (κ2) is 6.93. The van der Waals surface area contributed by atoms with Gasteiger partial charge in [0.05, 0.1) is 18.3 Å². The normalized spacial score (nSPS) is 12.0. The zero-order valence-electron chi connectivity index (χ0n) is 10.9. The molecule has 1 aromatic heterocycles. The number of hydrogen-bond donors (Lipinski definition) is 2. The molecule has 100 valence electrons. The van der Waals surface area contributed by atoms with Gasteiger partial charge in [0.1, 0.15) is 5.82 Å². The molecule has 1 heterocycles. The van der Waals surface area contributed by atoms with E-state index in [9.17, 15) is 9.90 Å². The van der Waals surface area contributed by atoms with Crippen molar-refractivity contribution in [2.45, 2.75) is 6.10 Å². The molecule has 0 aromatic carbocycles. The van der Waals surface area contributed by atoms with Crippen LogP contribution in [0, 0.1) is 0 Å². The molecular weight excluding hydrogens is 234 g/mol. The van der Waals surface area contributed by atoms with Crippen molar-refractivity contribution in [2.75, 3.05) is 39.7 Å². The third-order valence-electron chi connectivity index (χ3n) is 2.47. The van der Waals surface area contributed by atoms with Crippen molar-refractivity contribution >= 4 is 11.7 Å². The van der Waals surface area contributed by atoms with Gasteiger partial charge < -0.3 is 20.1 Å². The van der Waals surface area contributed by atoms with Gasteiger partial charge in [-0.1, -0.05) is 0 Å². The number of nitrogens with zero attached hydrogens (tertiary/aromatic N) is 2. The van der Waals surface area contributed by atoms with Crippen LogP contribution in [-0.4, -0.2) is 61.4 Å². The van der Waals surface area contributed by atoms with E-state index in [1.54, 1.807) is 32.4 Å². The van der Waals surface area contributed by atoms with E-state index in [1.165, 1.54) is 12.0 Å². The molecule has 1 unspecified atom stereocenters. The number of methoxy groups -OCH3 is 1. The lowest BCUT2D eigenvalue weighted by atomic mass is 10.2. The van der Waals surface area contributed by atoms with Gasteiger partial charge in [0.25, 0.3) is 5.91 Å². The number of carbonyl (C=O) groups is 1. The highest BCUT2D eigenvalue weighted by Gasteiger charge is 2.18. The fraction of sp³-hybridized carbons (Fsp3) is 0.500. The Morgan fingerprint density at radius 3 is 3.00 bits per heavy atom. The Kier molecular flexibility index (Phi) is 5.54. The molecule has 0 radical (unpaired) electrons. The molecule has 0 bridgehead atoms. The number of aromatic nitrogens is 1.